The van der Waals surface area contributed by atoms with Crippen LogP contribution in [0.4, 0.5) is 0 Å². The normalized spacial score (nSPS) is 10.8. The number of methoxy groups -OCH3 is 3. The van der Waals surface area contributed by atoms with Crippen LogP contribution in [0.2, 0.25) is 0 Å². The molecule has 0 spiro atoms. The molecule has 0 bridgehead atoms. The van der Waals surface area contributed by atoms with E-state index in [4.69, 9.17) is 14.2 Å². The van der Waals surface area contributed by atoms with Crippen LogP contribution in [0.15, 0.2) is 65.5 Å². The van der Waals surface area contributed by atoms with Gasteiger partial charge >= 0.3 is 5.69 Å². The zero-order valence-electron chi connectivity index (χ0n) is 19.4. The lowest BCUT2D eigenvalue weighted by Gasteiger charge is -2.15. The zero-order chi connectivity index (χ0) is 24.1. The maximum absolute atomic E-state index is 12.8. The summed E-state index contributed by atoms with van der Waals surface area (Å²) in [6.45, 7) is 0.708. The van der Waals surface area contributed by atoms with Crippen molar-refractivity contribution in [3.63, 3.8) is 0 Å². The summed E-state index contributed by atoms with van der Waals surface area (Å²) in [5.74, 6) is 1.37. The minimum Gasteiger partial charge on any atom is -0.493 e. The fourth-order valence-electron chi connectivity index (χ4n) is 4.03. The number of ether oxygens (including phenoxy) is 3. The van der Waals surface area contributed by atoms with E-state index < -0.39 is 0 Å². The minimum absolute atomic E-state index is 0.121. The van der Waals surface area contributed by atoms with Gasteiger partial charge in [-0.05, 0) is 34.9 Å². The molecule has 1 amide bonds. The fraction of sp³-hybridized carbons (Fsp3) is 0.231. The maximum Gasteiger partial charge on any atom is 0.326 e. The molecular formula is C26H27N3O5. The van der Waals surface area contributed by atoms with Crippen LogP contribution in [0, 0.1) is 0 Å². The molecule has 0 fully saturated rings. The van der Waals surface area contributed by atoms with Gasteiger partial charge in [0.2, 0.25) is 11.7 Å². The molecule has 0 saturated heterocycles. The molecule has 8 heteroatoms. The average Bonchev–Trinajstić information content (AvgIpc) is 3.18. The number of nitrogens with one attached hydrogen (secondary N) is 2. The van der Waals surface area contributed by atoms with Crippen LogP contribution >= 0.6 is 0 Å². The summed E-state index contributed by atoms with van der Waals surface area (Å²) in [7, 11) is 4.63. The van der Waals surface area contributed by atoms with Gasteiger partial charge in [0.25, 0.3) is 0 Å². The lowest BCUT2D eigenvalue weighted by Crippen LogP contribution is -2.25. The number of hydrogen-bond acceptors (Lipinski definition) is 5. The number of para-hydroxylation sites is 1. The lowest BCUT2D eigenvalue weighted by atomic mass is 10.1. The molecular weight excluding hydrogens is 434 g/mol. The number of imidazole rings is 1. The maximum atomic E-state index is 12.8. The highest BCUT2D eigenvalue weighted by Gasteiger charge is 2.17. The summed E-state index contributed by atoms with van der Waals surface area (Å²) in [6.07, 6.45) is 0.150. The van der Waals surface area contributed by atoms with Crippen LogP contribution in [0.25, 0.3) is 11.0 Å². The summed E-state index contributed by atoms with van der Waals surface area (Å²) in [6, 6.07) is 18.9. The van der Waals surface area contributed by atoms with Gasteiger partial charge in [0, 0.05) is 6.54 Å². The van der Waals surface area contributed by atoms with Crippen molar-refractivity contribution >= 4 is 16.9 Å². The smallest absolute Gasteiger partial charge is 0.326 e. The summed E-state index contributed by atoms with van der Waals surface area (Å²) in [5, 5.41) is 2.95. The van der Waals surface area contributed by atoms with Gasteiger partial charge < -0.3 is 24.5 Å². The number of fused-ring (bicyclic) bond motifs is 1. The van der Waals surface area contributed by atoms with Gasteiger partial charge in [-0.1, -0.05) is 42.5 Å². The molecule has 0 saturated carbocycles. The van der Waals surface area contributed by atoms with Crippen molar-refractivity contribution in [3.8, 4) is 17.2 Å². The number of amides is 1. The Labute approximate surface area is 197 Å². The molecule has 2 N–H and O–H groups in total. The molecule has 4 aromatic rings. The summed E-state index contributed by atoms with van der Waals surface area (Å²) >= 11 is 0. The van der Waals surface area contributed by atoms with Crippen LogP contribution < -0.4 is 25.2 Å². The predicted molar refractivity (Wildman–Crippen MR) is 130 cm³/mol. The third-order valence-corrected chi connectivity index (χ3v) is 5.62. The third kappa shape index (κ3) is 4.76. The van der Waals surface area contributed by atoms with Crippen molar-refractivity contribution < 1.29 is 19.0 Å². The molecule has 0 radical (unpaired) electrons. The van der Waals surface area contributed by atoms with E-state index in [9.17, 15) is 9.59 Å². The van der Waals surface area contributed by atoms with E-state index in [1.807, 2.05) is 60.7 Å². The highest BCUT2D eigenvalue weighted by molar-refractivity contribution is 5.86. The number of aromatic amines is 1. The SMILES string of the molecule is COc1cc(Cn2c(=O)[nH]c3cccc(CC(=O)NCc4ccccc4)c32)cc(OC)c1OC. The summed E-state index contributed by atoms with van der Waals surface area (Å²) < 4.78 is 17.9. The molecule has 3 aromatic carbocycles. The number of hydrogen-bond donors (Lipinski definition) is 2. The molecule has 0 aliphatic heterocycles. The number of carbonyl (C=O) groups excluding carboxylic acids is 1. The van der Waals surface area contributed by atoms with E-state index in [0.29, 0.717) is 34.8 Å². The number of rotatable bonds is 9. The Morgan fingerprint density at radius 3 is 2.26 bits per heavy atom. The first-order chi connectivity index (χ1) is 16.5. The minimum atomic E-state index is -0.263. The Bertz CT molecular complexity index is 1330. The number of nitrogens with zero attached hydrogens (tertiary/aromatic N) is 1. The number of H-pyrrole nitrogens is 1. The van der Waals surface area contributed by atoms with Gasteiger partial charge in [-0.3, -0.25) is 9.36 Å². The van der Waals surface area contributed by atoms with E-state index in [2.05, 4.69) is 10.3 Å². The van der Waals surface area contributed by atoms with E-state index in [1.165, 1.54) is 0 Å². The van der Waals surface area contributed by atoms with Gasteiger partial charge in [-0.2, -0.15) is 0 Å². The second-order valence-electron chi connectivity index (χ2n) is 7.80. The molecule has 176 valence electrons. The Morgan fingerprint density at radius 2 is 1.62 bits per heavy atom. The first kappa shape index (κ1) is 23.0. The number of carbonyl (C=O) groups is 1. The van der Waals surface area contributed by atoms with Crippen molar-refractivity contribution in [3.05, 3.63) is 87.8 Å². The summed E-state index contributed by atoms with van der Waals surface area (Å²) in [4.78, 5) is 28.4. The topological polar surface area (TPSA) is 94.6 Å². The first-order valence-corrected chi connectivity index (χ1v) is 10.8. The quantitative estimate of drug-likeness (QED) is 0.399. The number of aromatic nitrogens is 2. The first-order valence-electron chi connectivity index (χ1n) is 10.8. The van der Waals surface area contributed by atoms with Crippen molar-refractivity contribution in [1.82, 2.24) is 14.9 Å². The van der Waals surface area contributed by atoms with Gasteiger partial charge in [0.05, 0.1) is 45.3 Å². The zero-order valence-corrected chi connectivity index (χ0v) is 19.4. The van der Waals surface area contributed by atoms with E-state index in [0.717, 1.165) is 16.7 Å². The Kier molecular flexibility index (Phi) is 6.87. The molecule has 0 aliphatic carbocycles. The van der Waals surface area contributed by atoms with Gasteiger partial charge in [0.1, 0.15) is 0 Å². The molecule has 4 rings (SSSR count). The van der Waals surface area contributed by atoms with Crippen LogP contribution in [0.3, 0.4) is 0 Å². The standard InChI is InChI=1S/C26H27N3O5/c1-32-21-12-18(13-22(33-2)25(21)34-3)16-29-24-19(10-7-11-20(24)28-26(29)31)14-23(30)27-15-17-8-5-4-6-9-17/h4-13H,14-16H2,1-3H3,(H,27,30)(H,28,31). The van der Waals surface area contributed by atoms with Crippen molar-refractivity contribution in [2.75, 3.05) is 21.3 Å². The molecule has 1 heterocycles. The van der Waals surface area contributed by atoms with Crippen LogP contribution in [-0.4, -0.2) is 36.8 Å². The number of benzene rings is 3. The highest BCUT2D eigenvalue weighted by atomic mass is 16.5. The van der Waals surface area contributed by atoms with Crippen LogP contribution in [0.5, 0.6) is 17.2 Å². The second-order valence-corrected chi connectivity index (χ2v) is 7.80. The Hall–Kier alpha value is -4.20. The van der Waals surface area contributed by atoms with Crippen molar-refractivity contribution in [2.45, 2.75) is 19.5 Å². The largest absolute Gasteiger partial charge is 0.493 e. The van der Waals surface area contributed by atoms with Gasteiger partial charge in [-0.25, -0.2) is 4.79 Å². The Balaban J connectivity index is 1.64. The summed E-state index contributed by atoms with van der Waals surface area (Å²) in [5.41, 5.74) is 3.67. The van der Waals surface area contributed by atoms with Gasteiger partial charge in [-0.15, -0.1) is 0 Å². The molecule has 0 atom stereocenters. The van der Waals surface area contributed by atoms with Crippen LogP contribution in [-0.2, 0) is 24.3 Å². The average molecular weight is 462 g/mol. The molecule has 34 heavy (non-hydrogen) atoms. The monoisotopic (exact) mass is 461 g/mol. The van der Waals surface area contributed by atoms with E-state index in [1.54, 1.807) is 25.9 Å². The van der Waals surface area contributed by atoms with Crippen molar-refractivity contribution in [1.29, 1.82) is 0 Å². The lowest BCUT2D eigenvalue weighted by molar-refractivity contribution is -0.120. The van der Waals surface area contributed by atoms with E-state index in [-0.39, 0.29) is 24.6 Å². The Morgan fingerprint density at radius 1 is 0.912 bits per heavy atom. The second kappa shape index (κ2) is 10.2. The molecule has 8 nitrogen and oxygen atoms in total. The molecule has 0 aliphatic rings. The fourth-order valence-corrected chi connectivity index (χ4v) is 4.03. The van der Waals surface area contributed by atoms with Gasteiger partial charge in [0.15, 0.2) is 11.5 Å². The predicted octanol–water partition coefficient (Wildman–Crippen LogP) is 3.26. The van der Waals surface area contributed by atoms with Crippen LogP contribution in [0.1, 0.15) is 16.7 Å². The third-order valence-electron chi connectivity index (χ3n) is 5.62. The molecule has 0 unspecified atom stereocenters. The van der Waals surface area contributed by atoms with E-state index >= 15 is 0 Å². The van der Waals surface area contributed by atoms with Crippen molar-refractivity contribution in [2.24, 2.45) is 0 Å². The molecule has 1 aromatic heterocycles. The highest BCUT2D eigenvalue weighted by Crippen LogP contribution is 2.38.